The van der Waals surface area contributed by atoms with Gasteiger partial charge in [0.15, 0.2) is 11.0 Å². The lowest BCUT2D eigenvalue weighted by atomic mass is 9.95. The van der Waals surface area contributed by atoms with Crippen molar-refractivity contribution in [1.82, 2.24) is 20.2 Å². The molecule has 1 fully saturated rings. The Morgan fingerprint density at radius 2 is 2.00 bits per heavy atom. The Bertz CT molecular complexity index is 1050. The minimum absolute atomic E-state index is 0.194. The van der Waals surface area contributed by atoms with Gasteiger partial charge in [0.1, 0.15) is 11.5 Å². The van der Waals surface area contributed by atoms with Gasteiger partial charge in [-0.25, -0.2) is 5.43 Å². The van der Waals surface area contributed by atoms with Crippen LogP contribution in [0.5, 0.6) is 0 Å². The van der Waals surface area contributed by atoms with Crippen molar-refractivity contribution in [3.63, 3.8) is 0 Å². The van der Waals surface area contributed by atoms with Crippen molar-refractivity contribution in [3.8, 4) is 11.4 Å². The number of aromatic nitrogens is 3. The number of thioether (sulfide) groups is 1. The standard InChI is InChI=1S/C22H24ClN5O2S/c1-15-7-12-19(30-15)13-24-25-20(29)14-31-22-27-26-21(16-8-10-17(23)11-9-16)28(22)18-5-3-2-4-6-18/h7-13,18H,2-6,14H2,1H3,(H,25,29)/b24-13+. The molecule has 1 saturated carbocycles. The number of carbonyl (C=O) groups is 1. The molecule has 1 N–H and O–H groups in total. The summed E-state index contributed by atoms with van der Waals surface area (Å²) in [6.45, 7) is 1.85. The van der Waals surface area contributed by atoms with Gasteiger partial charge in [-0.05, 0) is 56.2 Å². The van der Waals surface area contributed by atoms with E-state index in [1.165, 1.54) is 37.2 Å². The Balaban J connectivity index is 1.46. The molecule has 7 nitrogen and oxygen atoms in total. The summed E-state index contributed by atoms with van der Waals surface area (Å²) in [4.78, 5) is 12.3. The summed E-state index contributed by atoms with van der Waals surface area (Å²) >= 11 is 7.42. The quantitative estimate of drug-likeness (QED) is 0.297. The molecule has 2 heterocycles. The van der Waals surface area contributed by atoms with Gasteiger partial charge in [0.25, 0.3) is 5.91 Å². The minimum Gasteiger partial charge on any atom is -0.460 e. The van der Waals surface area contributed by atoms with Crippen molar-refractivity contribution in [2.24, 2.45) is 5.10 Å². The van der Waals surface area contributed by atoms with Crippen molar-refractivity contribution in [2.45, 2.75) is 50.2 Å². The smallest absolute Gasteiger partial charge is 0.250 e. The number of rotatable bonds is 7. The van der Waals surface area contributed by atoms with Crippen LogP contribution in [0.4, 0.5) is 0 Å². The van der Waals surface area contributed by atoms with Crippen LogP contribution in [0, 0.1) is 6.92 Å². The summed E-state index contributed by atoms with van der Waals surface area (Å²) in [6.07, 6.45) is 7.30. The summed E-state index contributed by atoms with van der Waals surface area (Å²) in [5.74, 6) is 2.19. The zero-order chi connectivity index (χ0) is 21.6. The van der Waals surface area contributed by atoms with Crippen LogP contribution >= 0.6 is 23.4 Å². The van der Waals surface area contributed by atoms with Crippen molar-refractivity contribution in [3.05, 3.63) is 52.9 Å². The van der Waals surface area contributed by atoms with Gasteiger partial charge in [0, 0.05) is 16.6 Å². The zero-order valence-electron chi connectivity index (χ0n) is 17.3. The lowest BCUT2D eigenvalue weighted by Crippen LogP contribution is -2.20. The highest BCUT2D eigenvalue weighted by Crippen LogP contribution is 2.35. The number of nitrogens with zero attached hydrogens (tertiary/aromatic N) is 4. The van der Waals surface area contributed by atoms with Gasteiger partial charge in [0.05, 0.1) is 12.0 Å². The number of carbonyl (C=O) groups excluding carboxylic acids is 1. The largest absolute Gasteiger partial charge is 0.460 e. The molecule has 0 radical (unpaired) electrons. The normalized spacial score (nSPS) is 14.9. The van der Waals surface area contributed by atoms with E-state index in [1.54, 1.807) is 6.07 Å². The SMILES string of the molecule is Cc1ccc(/C=N/NC(=O)CSc2nnc(-c3ccc(Cl)cc3)n2C2CCCCC2)o1. The first-order valence-electron chi connectivity index (χ1n) is 10.3. The molecule has 0 bridgehead atoms. The predicted octanol–water partition coefficient (Wildman–Crippen LogP) is 5.25. The van der Waals surface area contributed by atoms with E-state index in [-0.39, 0.29) is 11.7 Å². The average Bonchev–Trinajstić information content (AvgIpc) is 3.39. The van der Waals surface area contributed by atoms with Gasteiger partial charge in [-0.1, -0.05) is 42.6 Å². The van der Waals surface area contributed by atoms with Crippen LogP contribution in [0.1, 0.15) is 49.7 Å². The zero-order valence-corrected chi connectivity index (χ0v) is 18.8. The van der Waals surface area contributed by atoms with Crippen LogP contribution in [0.3, 0.4) is 0 Å². The molecule has 0 aliphatic heterocycles. The van der Waals surface area contributed by atoms with E-state index < -0.39 is 0 Å². The van der Waals surface area contributed by atoms with Crippen molar-refractivity contribution >= 4 is 35.5 Å². The highest BCUT2D eigenvalue weighted by molar-refractivity contribution is 7.99. The number of amides is 1. The summed E-state index contributed by atoms with van der Waals surface area (Å²) in [6, 6.07) is 11.6. The third-order valence-corrected chi connectivity index (χ3v) is 6.38. The molecule has 1 amide bonds. The molecule has 0 atom stereocenters. The second kappa shape index (κ2) is 10.2. The molecule has 3 aromatic rings. The predicted molar refractivity (Wildman–Crippen MR) is 122 cm³/mol. The molecular weight excluding hydrogens is 434 g/mol. The van der Waals surface area contributed by atoms with E-state index in [1.807, 2.05) is 37.3 Å². The van der Waals surface area contributed by atoms with Crippen LogP contribution in [0.15, 0.2) is 51.1 Å². The van der Waals surface area contributed by atoms with E-state index in [9.17, 15) is 4.79 Å². The number of hydrogen-bond donors (Lipinski definition) is 1. The van der Waals surface area contributed by atoms with E-state index in [4.69, 9.17) is 16.0 Å². The van der Waals surface area contributed by atoms with Gasteiger partial charge in [-0.3, -0.25) is 9.36 Å². The molecule has 2 aromatic heterocycles. The monoisotopic (exact) mass is 457 g/mol. The number of aryl methyl sites for hydroxylation is 1. The Hall–Kier alpha value is -2.58. The second-order valence-electron chi connectivity index (χ2n) is 7.51. The van der Waals surface area contributed by atoms with Gasteiger partial charge in [-0.2, -0.15) is 5.10 Å². The molecule has 9 heteroatoms. The van der Waals surface area contributed by atoms with Crippen molar-refractivity contribution < 1.29 is 9.21 Å². The minimum atomic E-state index is -0.212. The number of hydrogen-bond acceptors (Lipinski definition) is 6. The topological polar surface area (TPSA) is 85.3 Å². The number of benzene rings is 1. The van der Waals surface area contributed by atoms with Crippen molar-refractivity contribution in [1.29, 1.82) is 0 Å². The second-order valence-corrected chi connectivity index (χ2v) is 8.88. The third kappa shape index (κ3) is 5.57. The van der Waals surface area contributed by atoms with Crippen LogP contribution in [0.25, 0.3) is 11.4 Å². The molecule has 1 aromatic carbocycles. The highest BCUT2D eigenvalue weighted by atomic mass is 35.5. The molecular formula is C22H24ClN5O2S. The summed E-state index contributed by atoms with van der Waals surface area (Å²) in [5, 5.41) is 14.2. The number of halogens is 1. The van der Waals surface area contributed by atoms with Gasteiger partial charge in [-0.15, -0.1) is 10.2 Å². The average molecular weight is 458 g/mol. The van der Waals surface area contributed by atoms with Crippen LogP contribution in [-0.4, -0.2) is 32.6 Å². The molecule has 31 heavy (non-hydrogen) atoms. The van der Waals surface area contributed by atoms with E-state index >= 15 is 0 Å². The number of nitrogens with one attached hydrogen (secondary N) is 1. The molecule has 0 saturated heterocycles. The first kappa shape index (κ1) is 21.6. The molecule has 4 rings (SSSR count). The fraction of sp³-hybridized carbons (Fsp3) is 0.364. The Morgan fingerprint density at radius 1 is 1.23 bits per heavy atom. The first-order valence-corrected chi connectivity index (χ1v) is 11.7. The first-order chi connectivity index (χ1) is 15.1. The van der Waals surface area contributed by atoms with Crippen LogP contribution in [-0.2, 0) is 4.79 Å². The maximum absolute atomic E-state index is 12.3. The summed E-state index contributed by atoms with van der Waals surface area (Å²) in [7, 11) is 0. The molecule has 0 spiro atoms. The van der Waals surface area contributed by atoms with Gasteiger partial charge >= 0.3 is 0 Å². The van der Waals surface area contributed by atoms with Gasteiger partial charge in [0.2, 0.25) is 0 Å². The highest BCUT2D eigenvalue weighted by Gasteiger charge is 2.24. The fourth-order valence-electron chi connectivity index (χ4n) is 3.69. The van der Waals surface area contributed by atoms with E-state index in [0.717, 1.165) is 35.1 Å². The molecule has 162 valence electrons. The Kier molecular flexibility index (Phi) is 7.09. The van der Waals surface area contributed by atoms with E-state index in [2.05, 4.69) is 25.3 Å². The Morgan fingerprint density at radius 3 is 2.71 bits per heavy atom. The fourth-order valence-corrected chi connectivity index (χ4v) is 4.62. The van der Waals surface area contributed by atoms with Crippen LogP contribution in [0.2, 0.25) is 5.02 Å². The lowest BCUT2D eigenvalue weighted by Gasteiger charge is -2.25. The summed E-state index contributed by atoms with van der Waals surface area (Å²) < 4.78 is 7.58. The number of furan rings is 1. The summed E-state index contributed by atoms with van der Waals surface area (Å²) in [5.41, 5.74) is 3.50. The Labute approximate surface area is 190 Å². The van der Waals surface area contributed by atoms with Crippen LogP contribution < -0.4 is 5.43 Å². The molecule has 1 aliphatic rings. The molecule has 0 unspecified atom stereocenters. The van der Waals surface area contributed by atoms with Gasteiger partial charge < -0.3 is 4.42 Å². The van der Waals surface area contributed by atoms with Crippen molar-refractivity contribution in [2.75, 3.05) is 5.75 Å². The lowest BCUT2D eigenvalue weighted by molar-refractivity contribution is -0.118. The third-order valence-electron chi connectivity index (χ3n) is 5.18. The maximum Gasteiger partial charge on any atom is 0.250 e. The molecule has 1 aliphatic carbocycles. The maximum atomic E-state index is 12.3. The van der Waals surface area contributed by atoms with E-state index in [0.29, 0.717) is 16.8 Å². The number of hydrazone groups is 1.